The van der Waals surface area contributed by atoms with Crippen molar-refractivity contribution in [1.82, 2.24) is 0 Å². The van der Waals surface area contributed by atoms with Gasteiger partial charge in [0.05, 0.1) is 12.2 Å². The number of nitrogens with one attached hydrogen (secondary N) is 1. The molecule has 1 N–H and O–H groups in total. The molecule has 3 rings (SSSR count). The van der Waals surface area contributed by atoms with Gasteiger partial charge in [-0.3, -0.25) is 4.79 Å². The van der Waals surface area contributed by atoms with Gasteiger partial charge in [0.25, 0.3) is 5.91 Å². The molecule has 6 nitrogen and oxygen atoms in total. The van der Waals surface area contributed by atoms with Gasteiger partial charge in [-0.25, -0.2) is 4.79 Å². The number of hydrogen-bond acceptors (Lipinski definition) is 5. The predicted octanol–water partition coefficient (Wildman–Crippen LogP) is 4.56. The van der Waals surface area contributed by atoms with Crippen molar-refractivity contribution in [3.05, 3.63) is 84.4 Å². The molecule has 0 unspecified atom stereocenters. The lowest BCUT2D eigenvalue weighted by atomic mass is 10.1. The third-order valence-electron chi connectivity index (χ3n) is 4.40. The summed E-state index contributed by atoms with van der Waals surface area (Å²) in [4.78, 5) is 24.1. The van der Waals surface area contributed by atoms with E-state index < -0.39 is 5.97 Å². The lowest BCUT2D eigenvalue weighted by molar-refractivity contribution is -0.118. The second-order valence-electron chi connectivity index (χ2n) is 6.64. The Morgan fingerprint density at radius 1 is 0.806 bits per heavy atom. The van der Waals surface area contributed by atoms with E-state index in [-0.39, 0.29) is 19.1 Å². The summed E-state index contributed by atoms with van der Waals surface area (Å²) in [5, 5.41) is 2.74. The maximum Gasteiger partial charge on any atom is 0.338 e. The summed E-state index contributed by atoms with van der Waals surface area (Å²) in [6.07, 6.45) is 0. The Kier molecular flexibility index (Phi) is 8.20. The highest BCUT2D eigenvalue weighted by Crippen LogP contribution is 2.22. The van der Waals surface area contributed by atoms with Crippen molar-refractivity contribution in [2.45, 2.75) is 6.92 Å². The van der Waals surface area contributed by atoms with Crippen molar-refractivity contribution in [3.8, 4) is 16.9 Å². The normalized spacial score (nSPS) is 10.4. The molecule has 0 atom stereocenters. The van der Waals surface area contributed by atoms with Crippen molar-refractivity contribution >= 4 is 17.6 Å². The zero-order valence-corrected chi connectivity index (χ0v) is 17.4. The fraction of sp³-hybridized carbons (Fsp3) is 0.200. The van der Waals surface area contributed by atoms with Crippen molar-refractivity contribution < 1.29 is 23.8 Å². The van der Waals surface area contributed by atoms with Crippen LogP contribution in [-0.4, -0.2) is 38.3 Å². The number of hydrogen-bond donors (Lipinski definition) is 1. The van der Waals surface area contributed by atoms with Crippen molar-refractivity contribution in [2.75, 3.05) is 31.7 Å². The fourth-order valence-electron chi connectivity index (χ4n) is 2.83. The van der Waals surface area contributed by atoms with Gasteiger partial charge in [-0.1, -0.05) is 42.5 Å². The van der Waals surface area contributed by atoms with Crippen LogP contribution in [0.5, 0.6) is 5.75 Å². The molecule has 0 aliphatic rings. The van der Waals surface area contributed by atoms with Crippen LogP contribution in [0.2, 0.25) is 0 Å². The van der Waals surface area contributed by atoms with Crippen LogP contribution in [0.4, 0.5) is 5.69 Å². The Balaban J connectivity index is 1.44. The average molecular weight is 419 g/mol. The van der Waals surface area contributed by atoms with Gasteiger partial charge in [0.2, 0.25) is 0 Å². The minimum atomic E-state index is -0.431. The van der Waals surface area contributed by atoms with Gasteiger partial charge >= 0.3 is 5.97 Å². The topological polar surface area (TPSA) is 73.9 Å². The Hall–Kier alpha value is -3.64. The van der Waals surface area contributed by atoms with Gasteiger partial charge in [0.15, 0.2) is 6.61 Å². The lowest BCUT2D eigenvalue weighted by Crippen LogP contribution is -2.20. The van der Waals surface area contributed by atoms with Crippen LogP contribution in [0.25, 0.3) is 11.1 Å². The molecule has 0 fully saturated rings. The molecule has 0 saturated heterocycles. The predicted molar refractivity (Wildman–Crippen MR) is 119 cm³/mol. The summed E-state index contributed by atoms with van der Waals surface area (Å²) < 4.78 is 15.8. The van der Waals surface area contributed by atoms with Gasteiger partial charge < -0.3 is 19.5 Å². The van der Waals surface area contributed by atoms with Gasteiger partial charge in [-0.05, 0) is 54.4 Å². The number of rotatable bonds is 10. The molecule has 0 bridgehead atoms. The maximum absolute atomic E-state index is 12.2. The molecule has 160 valence electrons. The first kappa shape index (κ1) is 22.1. The quantitative estimate of drug-likeness (QED) is 0.385. The second kappa shape index (κ2) is 11.5. The Bertz CT molecular complexity index is 969. The molecule has 3 aromatic rings. The number of anilines is 1. The van der Waals surface area contributed by atoms with Crippen LogP contribution < -0.4 is 10.1 Å². The second-order valence-corrected chi connectivity index (χ2v) is 6.64. The van der Waals surface area contributed by atoms with E-state index >= 15 is 0 Å². The Morgan fingerprint density at radius 3 is 2.16 bits per heavy atom. The van der Waals surface area contributed by atoms with Gasteiger partial charge in [-0.2, -0.15) is 0 Å². The van der Waals surface area contributed by atoms with Crippen LogP contribution in [0, 0.1) is 0 Å². The molecule has 3 aromatic carbocycles. The van der Waals surface area contributed by atoms with E-state index in [0.717, 1.165) is 11.1 Å². The van der Waals surface area contributed by atoms with Gasteiger partial charge in [0, 0.05) is 12.3 Å². The first-order valence-electron chi connectivity index (χ1n) is 10.1. The summed E-state index contributed by atoms with van der Waals surface area (Å²) >= 11 is 0. The van der Waals surface area contributed by atoms with E-state index in [0.29, 0.717) is 30.2 Å². The summed E-state index contributed by atoms with van der Waals surface area (Å²) in [7, 11) is 0. The summed E-state index contributed by atoms with van der Waals surface area (Å²) in [6, 6.07) is 24.1. The first-order chi connectivity index (χ1) is 15.2. The standard InChI is InChI=1S/C25H25NO5/c1-2-29-16-17-30-25(28)21-8-12-22(13-9-21)26-24(27)18-31-23-14-10-20(11-15-23)19-6-4-3-5-7-19/h3-15H,2,16-18H2,1H3,(H,26,27). The summed E-state index contributed by atoms with van der Waals surface area (Å²) in [6.45, 7) is 2.91. The third-order valence-corrected chi connectivity index (χ3v) is 4.40. The molecule has 0 radical (unpaired) electrons. The van der Waals surface area contributed by atoms with E-state index in [1.54, 1.807) is 24.3 Å². The number of esters is 1. The van der Waals surface area contributed by atoms with Gasteiger partial charge in [-0.15, -0.1) is 0 Å². The summed E-state index contributed by atoms with van der Waals surface area (Å²) in [5.41, 5.74) is 3.17. The molecule has 0 heterocycles. The zero-order valence-electron chi connectivity index (χ0n) is 17.4. The van der Waals surface area contributed by atoms with Crippen molar-refractivity contribution in [1.29, 1.82) is 0 Å². The summed E-state index contributed by atoms with van der Waals surface area (Å²) in [5.74, 6) is -0.112. The minimum absolute atomic E-state index is 0.119. The maximum atomic E-state index is 12.2. The van der Waals surface area contributed by atoms with Crippen LogP contribution in [0.1, 0.15) is 17.3 Å². The number of carbonyl (C=O) groups is 2. The van der Waals surface area contributed by atoms with Crippen LogP contribution in [-0.2, 0) is 14.3 Å². The molecule has 0 saturated carbocycles. The van der Waals surface area contributed by atoms with Crippen molar-refractivity contribution in [2.24, 2.45) is 0 Å². The SMILES string of the molecule is CCOCCOC(=O)c1ccc(NC(=O)COc2ccc(-c3ccccc3)cc2)cc1. The van der Waals surface area contributed by atoms with Crippen LogP contribution in [0.15, 0.2) is 78.9 Å². The molecular formula is C25H25NO5. The Morgan fingerprint density at radius 2 is 1.48 bits per heavy atom. The molecule has 0 aromatic heterocycles. The van der Waals surface area contributed by atoms with E-state index in [1.807, 2.05) is 61.5 Å². The molecule has 0 aliphatic carbocycles. The third kappa shape index (κ3) is 6.97. The highest BCUT2D eigenvalue weighted by atomic mass is 16.6. The average Bonchev–Trinajstić information content (AvgIpc) is 2.82. The first-order valence-corrected chi connectivity index (χ1v) is 10.1. The van der Waals surface area contributed by atoms with E-state index in [9.17, 15) is 9.59 Å². The molecule has 0 aliphatic heterocycles. The highest BCUT2D eigenvalue weighted by Gasteiger charge is 2.09. The molecular weight excluding hydrogens is 394 g/mol. The number of ether oxygens (including phenoxy) is 3. The lowest BCUT2D eigenvalue weighted by Gasteiger charge is -2.09. The van der Waals surface area contributed by atoms with Crippen molar-refractivity contribution in [3.63, 3.8) is 0 Å². The minimum Gasteiger partial charge on any atom is -0.484 e. The zero-order chi connectivity index (χ0) is 21.9. The van der Waals surface area contributed by atoms with E-state index in [4.69, 9.17) is 14.2 Å². The fourth-order valence-corrected chi connectivity index (χ4v) is 2.83. The van der Waals surface area contributed by atoms with Crippen LogP contribution >= 0.6 is 0 Å². The van der Waals surface area contributed by atoms with Gasteiger partial charge in [0.1, 0.15) is 12.4 Å². The number of benzene rings is 3. The monoisotopic (exact) mass is 419 g/mol. The smallest absolute Gasteiger partial charge is 0.338 e. The number of carbonyl (C=O) groups excluding carboxylic acids is 2. The van der Waals surface area contributed by atoms with E-state index in [1.165, 1.54) is 0 Å². The van der Waals surface area contributed by atoms with Crippen LogP contribution in [0.3, 0.4) is 0 Å². The number of amides is 1. The van der Waals surface area contributed by atoms with E-state index in [2.05, 4.69) is 5.32 Å². The Labute approximate surface area is 181 Å². The highest BCUT2D eigenvalue weighted by molar-refractivity contribution is 5.93. The molecule has 31 heavy (non-hydrogen) atoms. The molecule has 6 heteroatoms. The largest absolute Gasteiger partial charge is 0.484 e. The molecule has 0 spiro atoms. The molecule has 1 amide bonds.